The molecule has 4 amide bonds. The van der Waals surface area contributed by atoms with Gasteiger partial charge in [0.1, 0.15) is 5.75 Å². The van der Waals surface area contributed by atoms with E-state index in [4.69, 9.17) is 9.47 Å². The summed E-state index contributed by atoms with van der Waals surface area (Å²) in [5, 5.41) is 5.61. The smallest absolute Gasteiger partial charge is 0.434 e. The van der Waals surface area contributed by atoms with E-state index >= 15 is 0 Å². The number of carbonyl (C=O) groups is 5. The third kappa shape index (κ3) is 6.86. The number of hydrogen-bond donors (Lipinski definition) is 2. The van der Waals surface area contributed by atoms with E-state index in [0.29, 0.717) is 28.8 Å². The fraction of sp³-hybridized carbons (Fsp3) is 0.207. The number of nitrogens with one attached hydrogen (secondary N) is 2. The van der Waals surface area contributed by atoms with Crippen molar-refractivity contribution in [1.82, 2.24) is 10.2 Å². The van der Waals surface area contributed by atoms with Gasteiger partial charge in [-0.1, -0.05) is 24.3 Å². The number of amides is 4. The standard InChI is InChI=1S/C29H27N3O7/c1-2-38-29(37)39-22-14-12-20(13-15-22)26(34)30-18-19-7-5-8-21(17-19)31-25(33)11-6-16-32-27(35)23-9-3-4-10-24(23)28(32)36/h3-5,7-10,12-15,17H,2,6,11,16,18H2,1H3,(H,30,34)(H,31,33). The Morgan fingerprint density at radius 3 is 2.23 bits per heavy atom. The summed E-state index contributed by atoms with van der Waals surface area (Å²) in [5.41, 5.74) is 2.49. The first kappa shape index (κ1) is 27.1. The minimum Gasteiger partial charge on any atom is -0.434 e. The highest BCUT2D eigenvalue weighted by molar-refractivity contribution is 6.21. The van der Waals surface area contributed by atoms with Gasteiger partial charge in [-0.2, -0.15) is 0 Å². The van der Waals surface area contributed by atoms with E-state index in [1.165, 1.54) is 29.2 Å². The van der Waals surface area contributed by atoms with Gasteiger partial charge in [-0.25, -0.2) is 4.79 Å². The molecule has 0 spiro atoms. The molecule has 1 heterocycles. The molecule has 2 N–H and O–H groups in total. The lowest BCUT2D eigenvalue weighted by Crippen LogP contribution is -2.31. The van der Waals surface area contributed by atoms with Gasteiger partial charge in [0.25, 0.3) is 17.7 Å². The molecule has 10 nitrogen and oxygen atoms in total. The first-order valence-electron chi connectivity index (χ1n) is 12.4. The maximum atomic E-state index is 12.5. The van der Waals surface area contributed by atoms with Crippen LogP contribution in [-0.2, 0) is 16.1 Å². The zero-order chi connectivity index (χ0) is 27.8. The number of carbonyl (C=O) groups excluding carboxylic acids is 5. The molecule has 4 rings (SSSR count). The minimum atomic E-state index is -0.815. The predicted molar refractivity (Wildman–Crippen MR) is 141 cm³/mol. The number of anilines is 1. The fourth-order valence-electron chi connectivity index (χ4n) is 4.02. The van der Waals surface area contributed by atoms with E-state index in [-0.39, 0.29) is 55.5 Å². The summed E-state index contributed by atoms with van der Waals surface area (Å²) >= 11 is 0. The number of fused-ring (bicyclic) bond motifs is 1. The maximum Gasteiger partial charge on any atom is 0.513 e. The van der Waals surface area contributed by atoms with Crippen LogP contribution in [0.2, 0.25) is 0 Å². The normalized spacial score (nSPS) is 12.1. The number of benzene rings is 3. The molecule has 0 fully saturated rings. The minimum absolute atomic E-state index is 0.129. The van der Waals surface area contributed by atoms with Gasteiger partial charge in [-0.3, -0.25) is 24.1 Å². The predicted octanol–water partition coefficient (Wildman–Crippen LogP) is 4.17. The Morgan fingerprint density at radius 2 is 1.56 bits per heavy atom. The second-order valence-electron chi connectivity index (χ2n) is 8.65. The third-order valence-electron chi connectivity index (χ3n) is 5.91. The van der Waals surface area contributed by atoms with Crippen molar-refractivity contribution in [3.8, 4) is 5.75 Å². The van der Waals surface area contributed by atoms with Crippen molar-refractivity contribution in [3.05, 3.63) is 95.1 Å². The molecule has 0 saturated carbocycles. The Bertz CT molecular complexity index is 1370. The Balaban J connectivity index is 1.22. The molecule has 3 aromatic carbocycles. The van der Waals surface area contributed by atoms with Crippen LogP contribution in [0.1, 0.15) is 56.4 Å². The number of hydrogen-bond acceptors (Lipinski definition) is 7. The van der Waals surface area contributed by atoms with Crippen LogP contribution in [0.15, 0.2) is 72.8 Å². The summed E-state index contributed by atoms with van der Waals surface area (Å²) in [4.78, 5) is 62.4. The van der Waals surface area contributed by atoms with Crippen LogP contribution < -0.4 is 15.4 Å². The van der Waals surface area contributed by atoms with Gasteiger partial charge in [-0.15, -0.1) is 0 Å². The summed E-state index contributed by atoms with van der Waals surface area (Å²) in [5.74, 6) is -0.992. The molecular formula is C29H27N3O7. The molecule has 0 bridgehead atoms. The number of nitrogens with zero attached hydrogens (tertiary/aromatic N) is 1. The van der Waals surface area contributed by atoms with Gasteiger partial charge in [0.15, 0.2) is 0 Å². The molecule has 0 aromatic heterocycles. The molecule has 1 aliphatic rings. The molecule has 0 unspecified atom stereocenters. The van der Waals surface area contributed by atoms with Gasteiger partial charge in [0, 0.05) is 30.8 Å². The van der Waals surface area contributed by atoms with Crippen LogP contribution in [0.4, 0.5) is 10.5 Å². The molecular weight excluding hydrogens is 502 g/mol. The van der Waals surface area contributed by atoms with Gasteiger partial charge < -0.3 is 20.1 Å². The largest absolute Gasteiger partial charge is 0.513 e. The first-order valence-corrected chi connectivity index (χ1v) is 12.4. The lowest BCUT2D eigenvalue weighted by Gasteiger charge is -2.13. The summed E-state index contributed by atoms with van der Waals surface area (Å²) < 4.78 is 9.69. The highest BCUT2D eigenvalue weighted by Gasteiger charge is 2.34. The van der Waals surface area contributed by atoms with E-state index < -0.39 is 6.16 Å². The summed E-state index contributed by atoms with van der Waals surface area (Å²) in [6, 6.07) is 19.8. The molecule has 3 aromatic rings. The van der Waals surface area contributed by atoms with Gasteiger partial charge >= 0.3 is 6.16 Å². The lowest BCUT2D eigenvalue weighted by atomic mass is 10.1. The molecule has 39 heavy (non-hydrogen) atoms. The lowest BCUT2D eigenvalue weighted by molar-refractivity contribution is -0.116. The fourth-order valence-corrected chi connectivity index (χ4v) is 4.02. The molecule has 0 radical (unpaired) electrons. The topological polar surface area (TPSA) is 131 Å². The van der Waals surface area contributed by atoms with Crippen LogP contribution in [0.25, 0.3) is 0 Å². The van der Waals surface area contributed by atoms with E-state index in [9.17, 15) is 24.0 Å². The number of imide groups is 1. The molecule has 0 aliphatic carbocycles. The Kier molecular flexibility index (Phi) is 8.67. The second kappa shape index (κ2) is 12.5. The van der Waals surface area contributed by atoms with Crippen molar-refractivity contribution < 1.29 is 33.4 Å². The van der Waals surface area contributed by atoms with E-state index in [2.05, 4.69) is 10.6 Å². The molecule has 0 saturated heterocycles. The molecule has 10 heteroatoms. The van der Waals surface area contributed by atoms with Crippen LogP contribution in [0.3, 0.4) is 0 Å². The van der Waals surface area contributed by atoms with Crippen LogP contribution >= 0.6 is 0 Å². The zero-order valence-corrected chi connectivity index (χ0v) is 21.3. The molecule has 1 aliphatic heterocycles. The van der Waals surface area contributed by atoms with E-state index in [1.807, 2.05) is 6.07 Å². The van der Waals surface area contributed by atoms with Crippen molar-refractivity contribution in [1.29, 1.82) is 0 Å². The summed E-state index contributed by atoms with van der Waals surface area (Å²) in [7, 11) is 0. The van der Waals surface area contributed by atoms with Crippen LogP contribution in [0.5, 0.6) is 5.75 Å². The molecule has 0 atom stereocenters. The average Bonchev–Trinajstić information content (AvgIpc) is 3.17. The second-order valence-corrected chi connectivity index (χ2v) is 8.65. The monoisotopic (exact) mass is 529 g/mol. The first-order chi connectivity index (χ1) is 18.9. The quantitative estimate of drug-likeness (QED) is 0.229. The zero-order valence-electron chi connectivity index (χ0n) is 21.3. The van der Waals surface area contributed by atoms with Gasteiger partial charge in [-0.05, 0) is 67.4 Å². The van der Waals surface area contributed by atoms with Crippen LogP contribution in [-0.4, -0.2) is 47.8 Å². The maximum absolute atomic E-state index is 12.5. The number of ether oxygens (including phenoxy) is 2. The van der Waals surface area contributed by atoms with Crippen molar-refractivity contribution in [2.45, 2.75) is 26.3 Å². The molecule has 200 valence electrons. The summed E-state index contributed by atoms with van der Waals surface area (Å²) in [6.45, 7) is 2.25. The van der Waals surface area contributed by atoms with E-state index in [0.717, 1.165) is 5.56 Å². The van der Waals surface area contributed by atoms with Crippen molar-refractivity contribution in [2.24, 2.45) is 0 Å². The van der Waals surface area contributed by atoms with E-state index in [1.54, 1.807) is 49.4 Å². The number of rotatable bonds is 10. The van der Waals surface area contributed by atoms with Gasteiger partial charge in [0.05, 0.1) is 17.7 Å². The third-order valence-corrected chi connectivity index (χ3v) is 5.91. The Hall–Kier alpha value is -4.99. The van der Waals surface area contributed by atoms with Crippen LogP contribution in [0, 0.1) is 0 Å². The SMILES string of the molecule is CCOC(=O)Oc1ccc(C(=O)NCc2cccc(NC(=O)CCCN3C(=O)c4ccccc4C3=O)c2)cc1. The van der Waals surface area contributed by atoms with Crippen molar-refractivity contribution in [2.75, 3.05) is 18.5 Å². The Labute approximate surface area is 224 Å². The van der Waals surface area contributed by atoms with Crippen molar-refractivity contribution >= 4 is 35.5 Å². The highest BCUT2D eigenvalue weighted by atomic mass is 16.7. The average molecular weight is 530 g/mol. The highest BCUT2D eigenvalue weighted by Crippen LogP contribution is 2.23. The van der Waals surface area contributed by atoms with Gasteiger partial charge in [0.2, 0.25) is 5.91 Å². The Morgan fingerprint density at radius 1 is 0.872 bits per heavy atom. The van der Waals surface area contributed by atoms with Crippen molar-refractivity contribution in [3.63, 3.8) is 0 Å². The summed E-state index contributed by atoms with van der Waals surface area (Å²) in [6.07, 6.45) is -0.356.